The number of carbonyl (C=O) groups excluding carboxylic acids is 2. The molecule has 0 saturated heterocycles. The lowest BCUT2D eigenvalue weighted by Crippen LogP contribution is -2.26. The summed E-state index contributed by atoms with van der Waals surface area (Å²) in [7, 11) is -2.38. The van der Waals surface area contributed by atoms with Gasteiger partial charge in [0, 0.05) is 18.3 Å². The van der Waals surface area contributed by atoms with Crippen molar-refractivity contribution in [1.29, 1.82) is 0 Å². The number of nitrogens with zero attached hydrogens (tertiary/aromatic N) is 2. The van der Waals surface area contributed by atoms with E-state index in [0.29, 0.717) is 21.5 Å². The average Bonchev–Trinajstić information content (AvgIpc) is 2.83. The highest BCUT2D eigenvalue weighted by Crippen LogP contribution is 2.25. The number of aromatic nitrogens is 1. The van der Waals surface area contributed by atoms with Gasteiger partial charge in [-0.25, -0.2) is 18.2 Å². The van der Waals surface area contributed by atoms with Crippen LogP contribution in [-0.2, 0) is 24.3 Å². The molecule has 0 unspecified atom stereocenters. The third-order valence-corrected chi connectivity index (χ3v) is 7.01. The topological polar surface area (TPSA) is 115 Å². The lowest BCUT2D eigenvalue weighted by Gasteiger charge is -2.20. The third-order valence-electron chi connectivity index (χ3n) is 4.46. The van der Waals surface area contributed by atoms with E-state index < -0.39 is 35.1 Å². The largest absolute Gasteiger partial charge is 0.482 e. The second-order valence-electron chi connectivity index (χ2n) is 6.90. The Kier molecular flexibility index (Phi) is 8.79. The minimum atomic E-state index is -3.79. The van der Waals surface area contributed by atoms with Gasteiger partial charge in [0.15, 0.2) is 19.0 Å². The number of hydrogen-bond donors (Lipinski definition) is 1. The number of esters is 1. The number of carbonyl (C=O) groups is 2. The molecule has 1 N–H and O–H groups in total. The Morgan fingerprint density at radius 3 is 2.26 bits per heavy atom. The quantitative estimate of drug-likeness (QED) is 0.386. The summed E-state index contributed by atoms with van der Waals surface area (Å²) in [5.74, 6) is -1.06. The standard InChI is InChI=1S/C22H18Cl3N3O6S/c1-28(35(31,32)18-8-2-14(23)3-9-18)16-4-6-17(7-5-16)33-13-21(30)34-12-20(29)27-22-19(25)10-15(24)11-26-22/h2-11H,12-13H2,1H3,(H,26,27,29). The molecule has 0 aliphatic heterocycles. The molecule has 0 fully saturated rings. The Morgan fingerprint density at radius 2 is 1.63 bits per heavy atom. The first-order valence-corrected chi connectivity index (χ1v) is 12.4. The molecule has 0 aliphatic rings. The van der Waals surface area contributed by atoms with Gasteiger partial charge in [-0.1, -0.05) is 34.8 Å². The van der Waals surface area contributed by atoms with Crippen LogP contribution >= 0.6 is 34.8 Å². The first-order valence-electron chi connectivity index (χ1n) is 9.80. The van der Waals surface area contributed by atoms with Gasteiger partial charge in [0.2, 0.25) is 0 Å². The van der Waals surface area contributed by atoms with Gasteiger partial charge in [-0.2, -0.15) is 0 Å². The molecule has 35 heavy (non-hydrogen) atoms. The van der Waals surface area contributed by atoms with Gasteiger partial charge in [-0.05, 0) is 54.6 Å². The van der Waals surface area contributed by atoms with Gasteiger partial charge in [0.05, 0.1) is 20.6 Å². The van der Waals surface area contributed by atoms with Gasteiger partial charge < -0.3 is 14.8 Å². The SMILES string of the molecule is CN(c1ccc(OCC(=O)OCC(=O)Nc2ncc(Cl)cc2Cl)cc1)S(=O)(=O)c1ccc(Cl)cc1. The lowest BCUT2D eigenvalue weighted by molar-refractivity contribution is -0.149. The van der Waals surface area contributed by atoms with Crippen molar-refractivity contribution < 1.29 is 27.5 Å². The molecule has 0 bridgehead atoms. The van der Waals surface area contributed by atoms with Crippen LogP contribution in [-0.4, -0.2) is 45.5 Å². The maximum absolute atomic E-state index is 12.8. The highest BCUT2D eigenvalue weighted by Gasteiger charge is 2.21. The normalized spacial score (nSPS) is 11.0. The maximum Gasteiger partial charge on any atom is 0.344 e. The predicted octanol–water partition coefficient (Wildman–Crippen LogP) is 4.43. The summed E-state index contributed by atoms with van der Waals surface area (Å²) >= 11 is 17.5. The summed E-state index contributed by atoms with van der Waals surface area (Å²) in [4.78, 5) is 27.8. The number of hydrogen-bond acceptors (Lipinski definition) is 7. The highest BCUT2D eigenvalue weighted by atomic mass is 35.5. The summed E-state index contributed by atoms with van der Waals surface area (Å²) in [5.41, 5.74) is 0.376. The molecule has 13 heteroatoms. The number of sulfonamides is 1. The Bertz CT molecular complexity index is 1320. The molecule has 1 amide bonds. The van der Waals surface area contributed by atoms with Gasteiger partial charge in [-0.15, -0.1) is 0 Å². The Hall–Kier alpha value is -3.05. The molecule has 0 radical (unpaired) electrons. The molecule has 0 spiro atoms. The molecule has 0 saturated carbocycles. The van der Waals surface area contributed by atoms with Crippen molar-refractivity contribution in [3.63, 3.8) is 0 Å². The van der Waals surface area contributed by atoms with Crippen molar-refractivity contribution in [2.24, 2.45) is 0 Å². The van der Waals surface area contributed by atoms with E-state index in [9.17, 15) is 18.0 Å². The molecule has 0 aliphatic carbocycles. The summed E-state index contributed by atoms with van der Waals surface area (Å²) in [5, 5.41) is 3.26. The van der Waals surface area contributed by atoms with Crippen LogP contribution in [0.3, 0.4) is 0 Å². The zero-order chi connectivity index (χ0) is 25.6. The average molecular weight is 559 g/mol. The summed E-state index contributed by atoms with van der Waals surface area (Å²) in [6, 6.07) is 13.2. The Morgan fingerprint density at radius 1 is 0.971 bits per heavy atom. The summed E-state index contributed by atoms with van der Waals surface area (Å²) in [6.07, 6.45) is 1.30. The number of rotatable bonds is 9. The highest BCUT2D eigenvalue weighted by molar-refractivity contribution is 7.92. The van der Waals surface area contributed by atoms with Crippen molar-refractivity contribution >= 4 is 68.2 Å². The molecular formula is C22H18Cl3N3O6S. The minimum absolute atomic E-state index is 0.0801. The van der Waals surface area contributed by atoms with Crippen LogP contribution in [0, 0.1) is 0 Å². The van der Waals surface area contributed by atoms with Crippen LogP contribution in [0.2, 0.25) is 15.1 Å². The second-order valence-corrected chi connectivity index (χ2v) is 10.2. The van der Waals surface area contributed by atoms with Crippen molar-refractivity contribution in [3.8, 4) is 5.75 Å². The molecule has 0 atom stereocenters. The fourth-order valence-electron chi connectivity index (χ4n) is 2.66. The first kappa shape index (κ1) is 26.6. The molecule has 1 heterocycles. The molecule has 184 valence electrons. The van der Waals surface area contributed by atoms with Crippen LogP contribution < -0.4 is 14.4 Å². The maximum atomic E-state index is 12.8. The zero-order valence-corrected chi connectivity index (χ0v) is 21.2. The van der Waals surface area contributed by atoms with Crippen LogP contribution in [0.4, 0.5) is 11.5 Å². The van der Waals surface area contributed by atoms with E-state index in [-0.39, 0.29) is 15.7 Å². The first-order chi connectivity index (χ1) is 16.6. The van der Waals surface area contributed by atoms with E-state index in [1.807, 2.05) is 0 Å². The Labute approximate surface area is 216 Å². The van der Waals surface area contributed by atoms with E-state index in [0.717, 1.165) is 4.31 Å². The third kappa shape index (κ3) is 7.22. The second kappa shape index (κ2) is 11.6. The molecule has 3 aromatic rings. The van der Waals surface area contributed by atoms with E-state index in [4.69, 9.17) is 44.3 Å². The van der Waals surface area contributed by atoms with Gasteiger partial charge in [-0.3, -0.25) is 9.10 Å². The van der Waals surface area contributed by atoms with E-state index >= 15 is 0 Å². The molecule has 9 nitrogen and oxygen atoms in total. The van der Waals surface area contributed by atoms with Crippen molar-refractivity contribution in [2.45, 2.75) is 4.90 Å². The fraction of sp³-hybridized carbons (Fsp3) is 0.136. The molecule has 3 rings (SSSR count). The van der Waals surface area contributed by atoms with Crippen LogP contribution in [0.5, 0.6) is 5.75 Å². The van der Waals surface area contributed by atoms with Gasteiger partial charge in [0.1, 0.15) is 5.75 Å². The van der Waals surface area contributed by atoms with Crippen molar-refractivity contribution in [1.82, 2.24) is 4.98 Å². The molecule has 1 aromatic heterocycles. The number of nitrogens with one attached hydrogen (secondary N) is 1. The van der Waals surface area contributed by atoms with E-state index in [1.54, 1.807) is 0 Å². The number of halogens is 3. The summed E-state index contributed by atoms with van der Waals surface area (Å²) < 4.78 is 36.8. The summed E-state index contributed by atoms with van der Waals surface area (Å²) in [6.45, 7) is -1.04. The van der Waals surface area contributed by atoms with Gasteiger partial charge in [0.25, 0.3) is 15.9 Å². The lowest BCUT2D eigenvalue weighted by atomic mass is 10.3. The van der Waals surface area contributed by atoms with E-state index in [2.05, 4.69) is 10.3 Å². The van der Waals surface area contributed by atoms with Crippen LogP contribution in [0.25, 0.3) is 0 Å². The molecular weight excluding hydrogens is 541 g/mol. The smallest absolute Gasteiger partial charge is 0.344 e. The Balaban J connectivity index is 1.49. The van der Waals surface area contributed by atoms with Crippen LogP contribution in [0.15, 0.2) is 65.7 Å². The predicted molar refractivity (Wildman–Crippen MR) is 133 cm³/mol. The van der Waals surface area contributed by atoms with Crippen molar-refractivity contribution in [2.75, 3.05) is 29.9 Å². The number of benzene rings is 2. The fourth-order valence-corrected chi connectivity index (χ4v) is 4.41. The number of pyridine rings is 1. The molecule has 2 aromatic carbocycles. The van der Waals surface area contributed by atoms with E-state index in [1.165, 1.54) is 67.8 Å². The zero-order valence-electron chi connectivity index (χ0n) is 18.1. The monoisotopic (exact) mass is 557 g/mol. The van der Waals surface area contributed by atoms with Crippen molar-refractivity contribution in [3.05, 3.63) is 75.9 Å². The number of anilines is 2. The minimum Gasteiger partial charge on any atom is -0.482 e. The van der Waals surface area contributed by atoms with Crippen LogP contribution in [0.1, 0.15) is 0 Å². The van der Waals surface area contributed by atoms with Gasteiger partial charge >= 0.3 is 5.97 Å². The number of ether oxygens (including phenoxy) is 2. The number of amides is 1.